The van der Waals surface area contributed by atoms with Gasteiger partial charge in [0.25, 0.3) is 6.43 Å². The fourth-order valence-electron chi connectivity index (χ4n) is 1.65. The summed E-state index contributed by atoms with van der Waals surface area (Å²) >= 11 is 0. The Hall–Kier alpha value is -1.20. The molecular formula is C13H19F2NO2. The molecule has 0 aromatic heterocycles. The average Bonchev–Trinajstić information content (AvgIpc) is 2.27. The first kappa shape index (κ1) is 14.9. The van der Waals surface area contributed by atoms with E-state index in [1.54, 1.807) is 6.07 Å². The number of alkyl halides is 2. The van der Waals surface area contributed by atoms with Gasteiger partial charge < -0.3 is 15.2 Å². The number of phenolic OH excluding ortho intramolecular Hbond substituents is 1. The summed E-state index contributed by atoms with van der Waals surface area (Å²) in [7, 11) is 0. The van der Waals surface area contributed by atoms with Crippen molar-refractivity contribution in [3.8, 4) is 5.75 Å². The van der Waals surface area contributed by atoms with Crippen LogP contribution < -0.4 is 5.32 Å². The van der Waals surface area contributed by atoms with E-state index < -0.39 is 13.0 Å². The van der Waals surface area contributed by atoms with Gasteiger partial charge in [0, 0.05) is 18.2 Å². The number of hydrogen-bond donors (Lipinski definition) is 2. The van der Waals surface area contributed by atoms with Crippen LogP contribution in [-0.2, 0) is 4.74 Å². The molecule has 0 aliphatic heterocycles. The van der Waals surface area contributed by atoms with E-state index in [2.05, 4.69) is 5.32 Å². The molecule has 1 atom stereocenters. The Morgan fingerprint density at radius 1 is 1.39 bits per heavy atom. The largest absolute Gasteiger partial charge is 0.508 e. The molecule has 1 aromatic rings. The lowest BCUT2D eigenvalue weighted by atomic mass is 10.1. The highest BCUT2D eigenvalue weighted by molar-refractivity contribution is 5.37. The van der Waals surface area contributed by atoms with E-state index in [1.165, 1.54) is 0 Å². The van der Waals surface area contributed by atoms with Gasteiger partial charge >= 0.3 is 0 Å². The smallest absolute Gasteiger partial charge is 0.261 e. The van der Waals surface area contributed by atoms with Crippen molar-refractivity contribution in [1.82, 2.24) is 5.32 Å². The van der Waals surface area contributed by atoms with E-state index in [9.17, 15) is 13.9 Å². The second-order valence-electron chi connectivity index (χ2n) is 4.20. The molecular weight excluding hydrogens is 240 g/mol. The second kappa shape index (κ2) is 7.28. The van der Waals surface area contributed by atoms with E-state index >= 15 is 0 Å². The van der Waals surface area contributed by atoms with Gasteiger partial charge in [-0.1, -0.05) is 12.1 Å². The van der Waals surface area contributed by atoms with Crippen LogP contribution in [0.4, 0.5) is 8.78 Å². The van der Waals surface area contributed by atoms with E-state index in [4.69, 9.17) is 4.74 Å². The van der Waals surface area contributed by atoms with E-state index in [-0.39, 0.29) is 18.4 Å². The molecule has 0 aliphatic carbocycles. The van der Waals surface area contributed by atoms with Crippen LogP contribution in [0.5, 0.6) is 5.75 Å². The SMILES string of the molecule is Cc1ccc(C(C)NCCOCC(F)F)c(O)c1. The Bertz CT molecular complexity index is 372. The third-order valence-corrected chi connectivity index (χ3v) is 2.59. The van der Waals surface area contributed by atoms with Crippen LogP contribution in [0.3, 0.4) is 0 Å². The molecule has 0 bridgehead atoms. The molecule has 5 heteroatoms. The highest BCUT2D eigenvalue weighted by Crippen LogP contribution is 2.24. The van der Waals surface area contributed by atoms with Crippen molar-refractivity contribution < 1.29 is 18.6 Å². The van der Waals surface area contributed by atoms with Gasteiger partial charge in [0.2, 0.25) is 0 Å². The number of aryl methyl sites for hydroxylation is 1. The van der Waals surface area contributed by atoms with Crippen molar-refractivity contribution in [1.29, 1.82) is 0 Å². The maximum atomic E-state index is 11.8. The molecule has 0 amide bonds. The Morgan fingerprint density at radius 3 is 2.72 bits per heavy atom. The van der Waals surface area contributed by atoms with Crippen LogP contribution in [0, 0.1) is 6.92 Å². The van der Waals surface area contributed by atoms with Gasteiger partial charge in [-0.25, -0.2) is 8.78 Å². The van der Waals surface area contributed by atoms with E-state index in [0.29, 0.717) is 6.54 Å². The minimum absolute atomic E-state index is 0.0549. The van der Waals surface area contributed by atoms with E-state index in [1.807, 2.05) is 26.0 Å². The topological polar surface area (TPSA) is 41.5 Å². The van der Waals surface area contributed by atoms with Crippen LogP contribution >= 0.6 is 0 Å². The van der Waals surface area contributed by atoms with Crippen molar-refractivity contribution in [2.45, 2.75) is 26.3 Å². The predicted molar refractivity (Wildman–Crippen MR) is 66.1 cm³/mol. The number of aromatic hydroxyl groups is 1. The lowest BCUT2D eigenvalue weighted by Gasteiger charge is -2.16. The molecule has 0 heterocycles. The Balaban J connectivity index is 2.34. The molecule has 2 N–H and O–H groups in total. The monoisotopic (exact) mass is 259 g/mol. The van der Waals surface area contributed by atoms with Crippen LogP contribution in [0.25, 0.3) is 0 Å². The molecule has 0 saturated heterocycles. The number of nitrogens with one attached hydrogen (secondary N) is 1. The first-order valence-electron chi connectivity index (χ1n) is 5.89. The summed E-state index contributed by atoms with van der Waals surface area (Å²) in [5, 5.41) is 12.9. The highest BCUT2D eigenvalue weighted by Gasteiger charge is 2.09. The van der Waals surface area contributed by atoms with Crippen LogP contribution in [-0.4, -0.2) is 31.3 Å². The predicted octanol–water partition coefficient (Wildman–Crippen LogP) is 2.63. The Kier molecular flexibility index (Phi) is 6.01. The minimum atomic E-state index is -2.43. The van der Waals surface area contributed by atoms with Crippen molar-refractivity contribution in [2.75, 3.05) is 19.8 Å². The fourth-order valence-corrected chi connectivity index (χ4v) is 1.65. The number of phenols is 1. The maximum absolute atomic E-state index is 11.8. The minimum Gasteiger partial charge on any atom is -0.508 e. The molecule has 1 rings (SSSR count). The lowest BCUT2D eigenvalue weighted by Crippen LogP contribution is -2.24. The third-order valence-electron chi connectivity index (χ3n) is 2.59. The lowest BCUT2D eigenvalue weighted by molar-refractivity contribution is 0.0183. The summed E-state index contributed by atoms with van der Waals surface area (Å²) in [5.74, 6) is 0.239. The van der Waals surface area contributed by atoms with Crippen molar-refractivity contribution in [2.24, 2.45) is 0 Å². The van der Waals surface area contributed by atoms with Gasteiger partial charge in [-0.15, -0.1) is 0 Å². The molecule has 0 saturated carbocycles. The summed E-state index contributed by atoms with van der Waals surface area (Å²) in [6, 6.07) is 5.41. The second-order valence-corrected chi connectivity index (χ2v) is 4.20. The molecule has 0 spiro atoms. The number of ether oxygens (including phenoxy) is 1. The number of benzene rings is 1. The fraction of sp³-hybridized carbons (Fsp3) is 0.538. The average molecular weight is 259 g/mol. The molecule has 1 unspecified atom stereocenters. The standard InChI is InChI=1S/C13H19F2NO2/c1-9-3-4-11(12(17)7-9)10(2)16-5-6-18-8-13(14)15/h3-4,7,10,13,16-17H,5-6,8H2,1-2H3. The van der Waals surface area contributed by atoms with Crippen molar-refractivity contribution in [3.63, 3.8) is 0 Å². The van der Waals surface area contributed by atoms with Gasteiger partial charge in [-0.05, 0) is 25.5 Å². The van der Waals surface area contributed by atoms with Gasteiger partial charge in [-0.3, -0.25) is 0 Å². The number of rotatable bonds is 7. The summed E-state index contributed by atoms with van der Waals surface area (Å²) < 4.78 is 28.4. The summed E-state index contributed by atoms with van der Waals surface area (Å²) in [4.78, 5) is 0. The Labute approximate surface area is 106 Å². The van der Waals surface area contributed by atoms with Crippen LogP contribution in [0.15, 0.2) is 18.2 Å². The zero-order valence-electron chi connectivity index (χ0n) is 10.6. The molecule has 1 aromatic carbocycles. The molecule has 3 nitrogen and oxygen atoms in total. The molecule has 18 heavy (non-hydrogen) atoms. The summed E-state index contributed by atoms with van der Waals surface area (Å²) in [5.41, 5.74) is 1.78. The number of hydrogen-bond acceptors (Lipinski definition) is 3. The molecule has 0 radical (unpaired) electrons. The Morgan fingerprint density at radius 2 is 2.11 bits per heavy atom. The zero-order chi connectivity index (χ0) is 13.5. The third kappa shape index (κ3) is 4.98. The normalized spacial score (nSPS) is 12.9. The van der Waals surface area contributed by atoms with Gasteiger partial charge in [0.1, 0.15) is 12.4 Å². The van der Waals surface area contributed by atoms with Gasteiger partial charge in [0.15, 0.2) is 0 Å². The van der Waals surface area contributed by atoms with Gasteiger partial charge in [-0.2, -0.15) is 0 Å². The molecule has 0 fully saturated rings. The maximum Gasteiger partial charge on any atom is 0.261 e. The van der Waals surface area contributed by atoms with Gasteiger partial charge in [0.05, 0.1) is 6.61 Å². The molecule has 102 valence electrons. The van der Waals surface area contributed by atoms with Crippen molar-refractivity contribution >= 4 is 0 Å². The zero-order valence-corrected chi connectivity index (χ0v) is 10.6. The summed E-state index contributed by atoms with van der Waals surface area (Å²) in [6.07, 6.45) is -2.43. The van der Waals surface area contributed by atoms with E-state index in [0.717, 1.165) is 11.1 Å². The number of halogens is 2. The van der Waals surface area contributed by atoms with Crippen molar-refractivity contribution in [3.05, 3.63) is 29.3 Å². The molecule has 0 aliphatic rings. The van der Waals surface area contributed by atoms with Crippen LogP contribution in [0.1, 0.15) is 24.1 Å². The highest BCUT2D eigenvalue weighted by atomic mass is 19.3. The first-order chi connectivity index (χ1) is 8.50. The summed E-state index contributed by atoms with van der Waals surface area (Å²) in [6.45, 7) is 3.95. The quantitative estimate of drug-likeness (QED) is 0.740. The first-order valence-corrected chi connectivity index (χ1v) is 5.89. The van der Waals surface area contributed by atoms with Crippen LogP contribution in [0.2, 0.25) is 0 Å².